The minimum absolute atomic E-state index is 0.525. The number of nitrogens with zero attached hydrogens (tertiary/aromatic N) is 1. The van der Waals surface area contributed by atoms with Gasteiger partial charge in [-0.3, -0.25) is 0 Å². The minimum atomic E-state index is 0.525. The first kappa shape index (κ1) is 15.9. The first-order valence-corrected chi connectivity index (χ1v) is 7.94. The summed E-state index contributed by atoms with van der Waals surface area (Å²) in [7, 11) is 0. The number of halogens is 1. The van der Waals surface area contributed by atoms with Gasteiger partial charge in [0.15, 0.2) is 0 Å². The average Bonchev–Trinajstić information content (AvgIpc) is 2.50. The largest absolute Gasteiger partial charge is 0.364 e. The maximum absolute atomic E-state index is 5.91. The second-order valence-electron chi connectivity index (χ2n) is 5.71. The Labute approximate surface area is 133 Å². The number of rotatable bonds is 4. The number of benzene rings is 1. The van der Waals surface area contributed by atoms with Gasteiger partial charge >= 0.3 is 0 Å². The van der Waals surface area contributed by atoms with Crippen LogP contribution in [0.1, 0.15) is 38.3 Å². The number of hydrogen-bond donors (Lipinski definition) is 0. The third-order valence-electron chi connectivity index (χ3n) is 4.19. The zero-order chi connectivity index (χ0) is 15.4. The summed E-state index contributed by atoms with van der Waals surface area (Å²) in [5, 5.41) is 0.790. The van der Waals surface area contributed by atoms with Crippen molar-refractivity contribution in [3.05, 3.63) is 70.4 Å². The van der Waals surface area contributed by atoms with Crippen molar-refractivity contribution in [3.8, 4) is 0 Å². The van der Waals surface area contributed by atoms with Gasteiger partial charge in [-0.05, 0) is 49.5 Å². The molecule has 21 heavy (non-hydrogen) atoms. The SMILES string of the molecule is C=C(C(C)=CC=C(C)Cl)N1Cc2ccccc2CC1CC. The molecule has 2 heteroatoms. The lowest BCUT2D eigenvalue weighted by molar-refractivity contribution is 0.224. The molecule has 1 nitrogen and oxygen atoms in total. The molecule has 0 bridgehead atoms. The van der Waals surface area contributed by atoms with Gasteiger partial charge in [0.05, 0.1) is 0 Å². The van der Waals surface area contributed by atoms with Gasteiger partial charge in [-0.25, -0.2) is 0 Å². The predicted octanol–water partition coefficient (Wildman–Crippen LogP) is 5.43. The van der Waals surface area contributed by atoms with E-state index in [-0.39, 0.29) is 0 Å². The molecule has 0 aliphatic carbocycles. The van der Waals surface area contributed by atoms with Gasteiger partial charge in [0.2, 0.25) is 0 Å². The molecule has 0 fully saturated rings. The van der Waals surface area contributed by atoms with E-state index in [9.17, 15) is 0 Å². The highest BCUT2D eigenvalue weighted by Gasteiger charge is 2.25. The number of allylic oxidation sites excluding steroid dienone is 4. The Bertz CT molecular complexity index is 579. The predicted molar refractivity (Wildman–Crippen MR) is 92.3 cm³/mol. The van der Waals surface area contributed by atoms with E-state index >= 15 is 0 Å². The molecule has 112 valence electrons. The van der Waals surface area contributed by atoms with Crippen LogP contribution in [-0.4, -0.2) is 10.9 Å². The lowest BCUT2D eigenvalue weighted by atomic mass is 9.91. The number of hydrogen-bond acceptors (Lipinski definition) is 1. The molecule has 0 radical (unpaired) electrons. The van der Waals surface area contributed by atoms with E-state index in [1.165, 1.54) is 16.7 Å². The van der Waals surface area contributed by atoms with E-state index < -0.39 is 0 Å². The first-order valence-electron chi connectivity index (χ1n) is 7.56. The lowest BCUT2D eigenvalue weighted by Gasteiger charge is -2.39. The molecule has 0 saturated carbocycles. The summed E-state index contributed by atoms with van der Waals surface area (Å²) in [6, 6.07) is 9.25. The van der Waals surface area contributed by atoms with Crippen molar-refractivity contribution in [3.63, 3.8) is 0 Å². The number of fused-ring (bicyclic) bond motifs is 1. The molecule has 0 N–H and O–H groups in total. The van der Waals surface area contributed by atoms with Crippen LogP contribution in [0, 0.1) is 0 Å². The van der Waals surface area contributed by atoms with Gasteiger partial charge in [0.25, 0.3) is 0 Å². The molecule has 0 amide bonds. The molecule has 0 spiro atoms. The molecule has 2 rings (SSSR count). The van der Waals surface area contributed by atoms with Crippen molar-refractivity contribution < 1.29 is 0 Å². The van der Waals surface area contributed by atoms with Crippen LogP contribution < -0.4 is 0 Å². The highest BCUT2D eigenvalue weighted by atomic mass is 35.5. The van der Waals surface area contributed by atoms with Crippen molar-refractivity contribution in [1.29, 1.82) is 0 Å². The molecule has 1 unspecified atom stereocenters. The monoisotopic (exact) mass is 301 g/mol. The maximum Gasteiger partial charge on any atom is 0.0435 e. The highest BCUT2D eigenvalue weighted by molar-refractivity contribution is 6.29. The summed E-state index contributed by atoms with van der Waals surface area (Å²) in [6.07, 6.45) is 6.22. The van der Waals surface area contributed by atoms with E-state index in [1.807, 2.05) is 13.0 Å². The standard InChI is InChI=1S/C19H24ClN/c1-5-19-12-17-8-6-7-9-18(17)13-21(19)16(4)14(2)10-11-15(3)20/h6-11,19H,4-5,12-13H2,1-3H3. The molecule has 1 atom stereocenters. The van der Waals surface area contributed by atoms with E-state index in [0.29, 0.717) is 6.04 Å². The van der Waals surface area contributed by atoms with Crippen molar-refractivity contribution in [2.75, 3.05) is 0 Å². The van der Waals surface area contributed by atoms with Gasteiger partial charge < -0.3 is 4.90 Å². The normalized spacial score (nSPS) is 19.4. The zero-order valence-electron chi connectivity index (χ0n) is 13.2. The topological polar surface area (TPSA) is 3.24 Å². The molecule has 0 aromatic heterocycles. The van der Waals surface area contributed by atoms with Crippen LogP contribution in [0.5, 0.6) is 0 Å². The molecule has 1 aromatic carbocycles. The molecular weight excluding hydrogens is 278 g/mol. The molecule has 0 saturated heterocycles. The van der Waals surface area contributed by atoms with Crippen LogP contribution in [-0.2, 0) is 13.0 Å². The zero-order valence-corrected chi connectivity index (χ0v) is 14.0. The van der Waals surface area contributed by atoms with Gasteiger partial charge in [-0.2, -0.15) is 0 Å². The molecule has 1 heterocycles. The van der Waals surface area contributed by atoms with Gasteiger partial charge in [0.1, 0.15) is 0 Å². The van der Waals surface area contributed by atoms with Crippen LogP contribution in [0.2, 0.25) is 0 Å². The second-order valence-corrected chi connectivity index (χ2v) is 6.31. The minimum Gasteiger partial charge on any atom is -0.364 e. The van der Waals surface area contributed by atoms with Gasteiger partial charge in [-0.1, -0.05) is 55.4 Å². The molecule has 1 aromatic rings. The summed E-state index contributed by atoms with van der Waals surface area (Å²) in [5.41, 5.74) is 5.17. The van der Waals surface area contributed by atoms with Crippen molar-refractivity contribution in [2.24, 2.45) is 0 Å². The molecule has 1 aliphatic rings. The Kier molecular flexibility index (Phi) is 5.30. The smallest absolute Gasteiger partial charge is 0.0435 e. The average molecular weight is 302 g/mol. The fourth-order valence-corrected chi connectivity index (χ4v) is 2.89. The summed E-state index contributed by atoms with van der Waals surface area (Å²) < 4.78 is 0. The van der Waals surface area contributed by atoms with Crippen LogP contribution >= 0.6 is 11.6 Å². The summed E-state index contributed by atoms with van der Waals surface area (Å²) >= 11 is 5.91. The summed E-state index contributed by atoms with van der Waals surface area (Å²) in [6.45, 7) is 11.5. The van der Waals surface area contributed by atoms with E-state index in [4.69, 9.17) is 11.6 Å². The van der Waals surface area contributed by atoms with Crippen molar-refractivity contribution >= 4 is 11.6 Å². The van der Waals surface area contributed by atoms with Gasteiger partial charge in [-0.15, -0.1) is 0 Å². The fraction of sp³-hybridized carbons (Fsp3) is 0.368. The van der Waals surface area contributed by atoms with Crippen LogP contribution in [0.3, 0.4) is 0 Å². The van der Waals surface area contributed by atoms with E-state index in [0.717, 1.165) is 30.1 Å². The molecular formula is C19H24ClN. The summed E-state index contributed by atoms with van der Waals surface area (Å²) in [4.78, 5) is 2.44. The maximum atomic E-state index is 5.91. The Balaban J connectivity index is 2.24. The Morgan fingerprint density at radius 2 is 1.95 bits per heavy atom. The van der Waals surface area contributed by atoms with Crippen molar-refractivity contribution in [2.45, 2.75) is 46.2 Å². The van der Waals surface area contributed by atoms with E-state index in [2.05, 4.69) is 55.7 Å². The second kappa shape index (κ2) is 7.00. The van der Waals surface area contributed by atoms with Crippen LogP contribution in [0.25, 0.3) is 0 Å². The fourth-order valence-electron chi connectivity index (χ4n) is 2.83. The quantitative estimate of drug-likeness (QED) is 0.671. The van der Waals surface area contributed by atoms with Gasteiger partial charge in [0, 0.05) is 23.3 Å². The van der Waals surface area contributed by atoms with Crippen LogP contribution in [0.4, 0.5) is 0 Å². The van der Waals surface area contributed by atoms with E-state index in [1.54, 1.807) is 0 Å². The first-order chi connectivity index (χ1) is 10.0. The molecule has 1 aliphatic heterocycles. The Morgan fingerprint density at radius 3 is 2.57 bits per heavy atom. The third-order valence-corrected chi connectivity index (χ3v) is 4.32. The Hall–Kier alpha value is -1.47. The lowest BCUT2D eigenvalue weighted by Crippen LogP contribution is -2.39. The van der Waals surface area contributed by atoms with Crippen molar-refractivity contribution in [1.82, 2.24) is 4.90 Å². The van der Waals surface area contributed by atoms with Crippen LogP contribution in [0.15, 0.2) is 59.3 Å². The third kappa shape index (κ3) is 3.79. The Morgan fingerprint density at radius 1 is 1.29 bits per heavy atom. The highest BCUT2D eigenvalue weighted by Crippen LogP contribution is 2.29. The summed E-state index contributed by atoms with van der Waals surface area (Å²) in [5.74, 6) is 0.